The number of benzene rings is 3. The summed E-state index contributed by atoms with van der Waals surface area (Å²) < 4.78 is 46.6. The quantitative estimate of drug-likeness (QED) is 0.653. The van der Waals surface area contributed by atoms with E-state index in [2.05, 4.69) is 5.32 Å². The largest absolute Gasteiger partial charge is 0.497 e. The summed E-state index contributed by atoms with van der Waals surface area (Å²) in [6.45, 7) is 1.39. The molecular formula is C23H21FN2O4S. The van der Waals surface area contributed by atoms with Crippen LogP contribution in [0.1, 0.15) is 18.5 Å². The van der Waals surface area contributed by atoms with Crippen LogP contribution >= 0.6 is 0 Å². The molecule has 6 nitrogen and oxygen atoms in total. The topological polar surface area (TPSA) is 75.7 Å². The Morgan fingerprint density at radius 1 is 1.06 bits per heavy atom. The fourth-order valence-electron chi connectivity index (χ4n) is 3.67. The first-order valence-corrected chi connectivity index (χ1v) is 11.1. The van der Waals surface area contributed by atoms with Gasteiger partial charge in [0.25, 0.3) is 10.0 Å². The molecule has 4 rings (SSSR count). The number of fused-ring (bicyclic) bond motifs is 3. The molecule has 0 saturated heterocycles. The Balaban J connectivity index is 1.62. The smallest absolute Gasteiger partial charge is 0.265 e. The lowest BCUT2D eigenvalue weighted by Gasteiger charge is -2.32. The van der Waals surface area contributed by atoms with Gasteiger partial charge < -0.3 is 10.1 Å². The van der Waals surface area contributed by atoms with Crippen molar-refractivity contribution in [2.45, 2.75) is 17.9 Å². The molecule has 0 bridgehead atoms. The minimum Gasteiger partial charge on any atom is -0.497 e. The number of nitrogens with one attached hydrogen (secondary N) is 1. The van der Waals surface area contributed by atoms with E-state index in [0.717, 1.165) is 9.87 Å². The van der Waals surface area contributed by atoms with Gasteiger partial charge in [0.15, 0.2) is 0 Å². The number of hydrogen-bond donors (Lipinski definition) is 1. The van der Waals surface area contributed by atoms with Crippen LogP contribution in [0.4, 0.5) is 10.1 Å². The fourth-order valence-corrected chi connectivity index (χ4v) is 5.32. The Kier molecular flexibility index (Phi) is 5.41. The van der Waals surface area contributed by atoms with Gasteiger partial charge in [0.05, 0.1) is 23.7 Å². The monoisotopic (exact) mass is 440 g/mol. The van der Waals surface area contributed by atoms with Crippen molar-refractivity contribution in [2.24, 2.45) is 0 Å². The highest BCUT2D eigenvalue weighted by molar-refractivity contribution is 7.93. The summed E-state index contributed by atoms with van der Waals surface area (Å²) in [6, 6.07) is 17.1. The predicted molar refractivity (Wildman–Crippen MR) is 116 cm³/mol. The van der Waals surface area contributed by atoms with Crippen LogP contribution in [0.2, 0.25) is 0 Å². The Bertz CT molecular complexity index is 1240. The van der Waals surface area contributed by atoms with Crippen LogP contribution in [0, 0.1) is 5.82 Å². The van der Waals surface area contributed by atoms with Crippen LogP contribution in [0.5, 0.6) is 5.75 Å². The van der Waals surface area contributed by atoms with E-state index in [4.69, 9.17) is 4.74 Å². The summed E-state index contributed by atoms with van der Waals surface area (Å²) in [4.78, 5) is 12.8. The Labute approximate surface area is 180 Å². The molecule has 1 amide bonds. The van der Waals surface area contributed by atoms with Gasteiger partial charge in [-0.2, -0.15) is 0 Å². The zero-order chi connectivity index (χ0) is 22.2. The highest BCUT2D eigenvalue weighted by atomic mass is 32.2. The number of hydrogen-bond acceptors (Lipinski definition) is 4. The predicted octanol–water partition coefficient (Wildman–Crippen LogP) is 3.89. The van der Waals surface area contributed by atoms with Crippen molar-refractivity contribution in [1.82, 2.24) is 5.32 Å². The number of sulfonamides is 1. The van der Waals surface area contributed by atoms with E-state index in [-0.39, 0.29) is 16.6 Å². The molecule has 3 aromatic carbocycles. The lowest BCUT2D eigenvalue weighted by Crippen LogP contribution is -2.43. The van der Waals surface area contributed by atoms with E-state index in [1.165, 1.54) is 24.3 Å². The van der Waals surface area contributed by atoms with Crippen molar-refractivity contribution in [2.75, 3.05) is 18.0 Å². The maximum atomic E-state index is 13.9. The summed E-state index contributed by atoms with van der Waals surface area (Å²) in [5.74, 6) is -0.254. The van der Waals surface area contributed by atoms with Gasteiger partial charge in [-0.1, -0.05) is 30.3 Å². The number of anilines is 1. The normalized spacial score (nSPS) is 14.9. The minimum absolute atomic E-state index is 0.0455. The van der Waals surface area contributed by atoms with Crippen molar-refractivity contribution in [1.29, 1.82) is 0 Å². The van der Waals surface area contributed by atoms with Crippen molar-refractivity contribution >= 4 is 21.6 Å². The summed E-state index contributed by atoms with van der Waals surface area (Å²) in [5, 5.41) is 2.82. The van der Waals surface area contributed by atoms with Gasteiger partial charge in [-0.3, -0.25) is 9.10 Å². The molecule has 0 fully saturated rings. The van der Waals surface area contributed by atoms with Crippen LogP contribution in [0.25, 0.3) is 11.1 Å². The third-order valence-corrected chi connectivity index (χ3v) is 7.07. The molecule has 1 aliphatic rings. The Morgan fingerprint density at radius 2 is 1.77 bits per heavy atom. The summed E-state index contributed by atoms with van der Waals surface area (Å²) in [5.41, 5.74) is 1.97. The third kappa shape index (κ3) is 3.86. The second kappa shape index (κ2) is 8.03. The third-order valence-electron chi connectivity index (χ3n) is 5.25. The van der Waals surface area contributed by atoms with Crippen LogP contribution in [0.15, 0.2) is 71.6 Å². The van der Waals surface area contributed by atoms with E-state index in [9.17, 15) is 17.6 Å². The van der Waals surface area contributed by atoms with E-state index >= 15 is 0 Å². The Hall–Kier alpha value is -3.39. The molecule has 160 valence electrons. The lowest BCUT2D eigenvalue weighted by atomic mass is 10.0. The number of halogens is 1. The molecule has 3 aromatic rings. The van der Waals surface area contributed by atoms with Gasteiger partial charge in [-0.25, -0.2) is 12.8 Å². The fraction of sp³-hybridized carbons (Fsp3) is 0.174. The molecule has 1 heterocycles. The second-order valence-electron chi connectivity index (χ2n) is 7.23. The minimum atomic E-state index is -3.98. The summed E-state index contributed by atoms with van der Waals surface area (Å²) >= 11 is 0. The molecule has 0 unspecified atom stereocenters. The molecular weight excluding hydrogens is 419 g/mol. The molecule has 0 spiro atoms. The maximum absolute atomic E-state index is 13.9. The first-order chi connectivity index (χ1) is 14.8. The first-order valence-electron chi connectivity index (χ1n) is 9.66. The van der Waals surface area contributed by atoms with E-state index in [0.29, 0.717) is 16.9 Å². The van der Waals surface area contributed by atoms with Gasteiger partial charge in [-0.05, 0) is 48.9 Å². The molecule has 0 aliphatic carbocycles. The number of amides is 1. The number of nitrogens with zero attached hydrogens (tertiary/aromatic N) is 1. The summed E-state index contributed by atoms with van der Waals surface area (Å²) in [7, 11) is -2.41. The molecule has 0 radical (unpaired) electrons. The second-order valence-corrected chi connectivity index (χ2v) is 9.06. The SMILES string of the molecule is COc1ccc([C@H](C)NC(=O)CN2c3ccc(F)cc3-c3ccccc3S2(=O)=O)cc1. The number of carbonyl (C=O) groups excluding carboxylic acids is 1. The molecule has 1 N–H and O–H groups in total. The standard InChI is InChI=1S/C23H21FN2O4S/c1-15(16-7-10-18(30-2)11-8-16)25-23(27)14-26-21-12-9-17(24)13-20(21)19-5-3-4-6-22(19)31(26,28)29/h3-13,15H,14H2,1-2H3,(H,25,27)/t15-/m0/s1. The van der Waals surface area contributed by atoms with Crippen molar-refractivity contribution in [3.63, 3.8) is 0 Å². The van der Waals surface area contributed by atoms with Gasteiger partial charge >= 0.3 is 0 Å². The molecule has 0 saturated carbocycles. The number of ether oxygens (including phenoxy) is 1. The van der Waals surface area contributed by atoms with Crippen LogP contribution in [-0.4, -0.2) is 28.0 Å². The zero-order valence-corrected chi connectivity index (χ0v) is 17.8. The van der Waals surface area contributed by atoms with Crippen LogP contribution in [-0.2, 0) is 14.8 Å². The van der Waals surface area contributed by atoms with E-state index in [1.807, 2.05) is 19.1 Å². The van der Waals surface area contributed by atoms with Crippen LogP contribution in [0.3, 0.4) is 0 Å². The Morgan fingerprint density at radius 3 is 2.48 bits per heavy atom. The maximum Gasteiger partial charge on any atom is 0.265 e. The number of rotatable bonds is 5. The van der Waals surface area contributed by atoms with Crippen molar-refractivity contribution in [3.05, 3.63) is 78.1 Å². The molecule has 0 aromatic heterocycles. The van der Waals surface area contributed by atoms with Gasteiger partial charge in [0.2, 0.25) is 5.91 Å². The zero-order valence-electron chi connectivity index (χ0n) is 17.0. The van der Waals surface area contributed by atoms with Crippen molar-refractivity contribution < 1.29 is 22.3 Å². The number of carbonyl (C=O) groups is 1. The highest BCUT2D eigenvalue weighted by Gasteiger charge is 2.36. The molecule has 1 atom stereocenters. The summed E-state index contributed by atoms with van der Waals surface area (Å²) in [6.07, 6.45) is 0. The van der Waals surface area contributed by atoms with E-state index < -0.39 is 28.3 Å². The van der Waals surface area contributed by atoms with Gasteiger partial charge in [0, 0.05) is 11.1 Å². The lowest BCUT2D eigenvalue weighted by molar-refractivity contribution is -0.120. The average Bonchev–Trinajstić information content (AvgIpc) is 2.77. The first kappa shape index (κ1) is 20.9. The van der Waals surface area contributed by atoms with Gasteiger partial charge in [-0.15, -0.1) is 0 Å². The number of methoxy groups -OCH3 is 1. The van der Waals surface area contributed by atoms with Gasteiger partial charge in [0.1, 0.15) is 18.1 Å². The highest BCUT2D eigenvalue weighted by Crippen LogP contribution is 2.43. The van der Waals surface area contributed by atoms with E-state index in [1.54, 1.807) is 37.4 Å². The molecule has 8 heteroatoms. The van der Waals surface area contributed by atoms with Crippen molar-refractivity contribution in [3.8, 4) is 16.9 Å². The van der Waals surface area contributed by atoms with Crippen LogP contribution < -0.4 is 14.4 Å². The molecule has 1 aliphatic heterocycles. The average molecular weight is 440 g/mol. The molecule has 31 heavy (non-hydrogen) atoms.